The number of thiazole rings is 1. The van der Waals surface area contributed by atoms with Gasteiger partial charge in [0.15, 0.2) is 0 Å². The molecular weight excluding hydrogens is 1110 g/mol. The lowest BCUT2D eigenvalue weighted by molar-refractivity contribution is -0.145. The Bertz CT molecular complexity index is 3380. The number of piperidine rings is 1. The predicted octanol–water partition coefficient (Wildman–Crippen LogP) is 6.48. The molecule has 25 heteroatoms. The highest BCUT2D eigenvalue weighted by Crippen LogP contribution is 2.59. The lowest BCUT2D eigenvalue weighted by atomic mass is 10.0. The second-order valence-corrected chi connectivity index (χ2v) is 24.1. The number of aromatic nitrogens is 1. The molecule has 9 rings (SSSR count). The van der Waals surface area contributed by atoms with Crippen LogP contribution in [0.1, 0.15) is 125 Å². The van der Waals surface area contributed by atoms with E-state index in [2.05, 4.69) is 32.8 Å². The molecule has 8 amide bonds. The molecule has 79 heavy (non-hydrogen) atoms. The number of nitrogens with two attached hydrogens (primary N) is 1. The molecule has 4 aliphatic heterocycles. The van der Waals surface area contributed by atoms with Gasteiger partial charge >= 0.3 is 13.3 Å². The van der Waals surface area contributed by atoms with E-state index in [1.807, 2.05) is 18.2 Å². The number of thiophene rings is 1. The molecule has 414 valence electrons. The monoisotopic (exact) mass is 1160 g/mol. The number of halogens is 3. The van der Waals surface area contributed by atoms with Crippen molar-refractivity contribution in [3.63, 3.8) is 0 Å². The molecule has 19 nitrogen and oxygen atoms in total. The van der Waals surface area contributed by atoms with E-state index in [4.69, 9.17) is 17.3 Å². The Kier molecular flexibility index (Phi) is 17.1. The summed E-state index contributed by atoms with van der Waals surface area (Å²) in [6.07, 6.45) is 5.31. The average Bonchev–Trinajstić information content (AvgIpc) is 4.46. The van der Waals surface area contributed by atoms with Crippen molar-refractivity contribution >= 4 is 99.2 Å². The number of carbonyl (C=O) groups excluding carboxylic acids is 8. The number of primary amides is 1. The Hall–Kier alpha value is -6.93. The first-order valence-electron chi connectivity index (χ1n) is 25.6. The summed E-state index contributed by atoms with van der Waals surface area (Å²) < 4.78 is 41.4. The molecule has 7 N–H and O–H groups in total. The van der Waals surface area contributed by atoms with Crippen molar-refractivity contribution in [2.24, 2.45) is 5.73 Å². The summed E-state index contributed by atoms with van der Waals surface area (Å²) in [6, 6.07) is 12.1. The molecule has 0 spiro atoms. The Labute approximate surface area is 464 Å². The average molecular weight is 1160 g/mol. The van der Waals surface area contributed by atoms with Gasteiger partial charge in [-0.15, -0.1) is 22.7 Å². The van der Waals surface area contributed by atoms with E-state index in [1.54, 1.807) is 30.5 Å². The Balaban J connectivity index is 0.881. The highest BCUT2D eigenvalue weighted by Gasteiger charge is 2.51. The summed E-state index contributed by atoms with van der Waals surface area (Å²) in [5.41, 5.74) is 2.74. The number of hydrogen-bond donors (Lipinski definition) is 6. The smallest absolute Gasteiger partial charge is 0.370 e. The normalized spacial score (nSPS) is 19.9. The van der Waals surface area contributed by atoms with E-state index >= 15 is 0 Å². The fourth-order valence-corrected chi connectivity index (χ4v) is 13.0. The maximum atomic E-state index is 15.0. The maximum Gasteiger partial charge on any atom is 0.399 e. The van der Waals surface area contributed by atoms with Crippen LogP contribution in [-0.2, 0) is 45.5 Å². The molecule has 0 bridgehead atoms. The largest absolute Gasteiger partial charge is 0.399 e. The van der Waals surface area contributed by atoms with Crippen molar-refractivity contribution in [2.45, 2.75) is 119 Å². The van der Waals surface area contributed by atoms with Gasteiger partial charge in [0.2, 0.25) is 35.4 Å². The number of alkyl halides is 2. The lowest BCUT2D eigenvalue weighted by Crippen LogP contribution is -2.61. The van der Waals surface area contributed by atoms with Gasteiger partial charge in [0.25, 0.3) is 11.8 Å². The number of benzene rings is 3. The zero-order valence-electron chi connectivity index (χ0n) is 42.3. The van der Waals surface area contributed by atoms with Crippen molar-refractivity contribution in [3.05, 3.63) is 110 Å². The van der Waals surface area contributed by atoms with E-state index in [9.17, 15) is 61.5 Å². The SMILES string of the molecule is NC(=O)CC[C@H](NC(=O)[C@@H]1CC[C@@H]2CCN(C(=O)CCCCCC#Cc3cccc4c3CN(C3CCC(=O)NC3=O)C4=O)C[C@H](NC(=O)c3cc4cc(C(F)(F)P(=O)(O)O)ccc4s3)C(=O)N21)c1ncc(-c2ccc(Cl)cc2)s1. The minimum absolute atomic E-state index is 0.0206. The van der Waals surface area contributed by atoms with Crippen molar-refractivity contribution in [3.8, 4) is 22.3 Å². The third-order valence-corrected chi connectivity index (χ3v) is 18.1. The van der Waals surface area contributed by atoms with E-state index in [1.165, 1.54) is 38.2 Å². The van der Waals surface area contributed by atoms with Crippen LogP contribution in [-0.4, -0.2) is 114 Å². The Morgan fingerprint density at radius 1 is 0.962 bits per heavy atom. The summed E-state index contributed by atoms with van der Waals surface area (Å²) in [5, 5.41) is 9.20. The standard InChI is InChI=1S/C54H54ClF2N8O11PS2/c55-34-14-11-31(12-15-34)44-27-59-51(79-44)38(17-21-45(58)66)60-49(70)41-18-16-35-23-24-63(29-39(53(73)65(35)41)61-50(71)43-26-32-25-33(13-20-42(32)78-43)54(56,57)77(74,75)76)47(68)10-5-3-1-2-4-7-30-8-6-9-36-37(30)28-64(52(36)72)40-19-22-46(67)62-48(40)69/h6,8-9,11-15,20,25-27,35,38-41H,1-3,5,10,16-19,21-24,28-29H2,(H2,58,66)(H,60,70)(H,61,71)(H,62,67,69)(H2,74,75,76)/t35-,38+,39+,40?,41+/m1/s1. The molecule has 5 atom stereocenters. The van der Waals surface area contributed by atoms with Crippen molar-refractivity contribution in [2.75, 3.05) is 13.1 Å². The van der Waals surface area contributed by atoms with Crippen LogP contribution >= 0.6 is 41.9 Å². The molecular formula is C54H54ClF2N8O11PS2. The minimum atomic E-state index is -5.90. The maximum absolute atomic E-state index is 15.0. The van der Waals surface area contributed by atoms with E-state index in [-0.39, 0.29) is 86.1 Å². The van der Waals surface area contributed by atoms with Crippen LogP contribution in [0.25, 0.3) is 20.5 Å². The second kappa shape index (κ2) is 23.8. The van der Waals surface area contributed by atoms with Gasteiger partial charge in [0, 0.05) is 84.0 Å². The van der Waals surface area contributed by atoms with Crippen LogP contribution in [0.2, 0.25) is 5.02 Å². The van der Waals surface area contributed by atoms with Gasteiger partial charge in [-0.1, -0.05) is 54.1 Å². The highest BCUT2D eigenvalue weighted by atomic mass is 35.5. The second-order valence-electron chi connectivity index (χ2n) is 19.8. The van der Waals surface area contributed by atoms with Gasteiger partial charge in [-0.25, -0.2) is 4.98 Å². The van der Waals surface area contributed by atoms with Gasteiger partial charge in [-0.05, 0) is 104 Å². The Morgan fingerprint density at radius 3 is 2.49 bits per heavy atom. The first kappa shape index (κ1) is 56.8. The molecule has 1 unspecified atom stereocenters. The number of hydrogen-bond acceptors (Lipinski definition) is 12. The van der Waals surface area contributed by atoms with E-state index in [0.29, 0.717) is 69.9 Å². The molecule has 0 aliphatic carbocycles. The number of nitrogens with zero attached hydrogens (tertiary/aromatic N) is 4. The number of nitrogens with one attached hydrogen (secondary N) is 3. The van der Waals surface area contributed by atoms with Crippen LogP contribution in [0.5, 0.6) is 0 Å². The lowest BCUT2D eigenvalue weighted by Gasteiger charge is -2.39. The van der Waals surface area contributed by atoms with Gasteiger partial charge in [0.1, 0.15) is 23.1 Å². The van der Waals surface area contributed by atoms with Crippen LogP contribution in [0, 0.1) is 11.8 Å². The molecule has 2 aromatic heterocycles. The number of amides is 8. The number of carbonyl (C=O) groups is 8. The fraction of sp³-hybridized carbons (Fsp3) is 0.389. The Morgan fingerprint density at radius 2 is 1.75 bits per heavy atom. The zero-order chi connectivity index (χ0) is 56.3. The first-order chi connectivity index (χ1) is 37.7. The third kappa shape index (κ3) is 12.6. The third-order valence-electron chi connectivity index (χ3n) is 14.5. The number of rotatable bonds is 17. The molecule has 3 saturated heterocycles. The fourth-order valence-electron chi connectivity index (χ4n) is 10.4. The van der Waals surface area contributed by atoms with Crippen LogP contribution in [0.15, 0.2) is 72.9 Å². The summed E-state index contributed by atoms with van der Waals surface area (Å²) in [5.74, 6) is 2.33. The minimum Gasteiger partial charge on any atom is -0.370 e. The summed E-state index contributed by atoms with van der Waals surface area (Å²) in [4.78, 5) is 136. The molecule has 3 fully saturated rings. The van der Waals surface area contributed by atoms with Crippen molar-refractivity contribution in [1.29, 1.82) is 0 Å². The van der Waals surface area contributed by atoms with E-state index < -0.39 is 78.6 Å². The van der Waals surface area contributed by atoms with Gasteiger partial charge in [-0.2, -0.15) is 8.78 Å². The molecule has 6 heterocycles. The van der Waals surface area contributed by atoms with Crippen molar-refractivity contribution < 1.29 is 61.5 Å². The van der Waals surface area contributed by atoms with Crippen LogP contribution < -0.4 is 21.7 Å². The summed E-state index contributed by atoms with van der Waals surface area (Å²) in [7, 11) is -5.90. The molecule has 0 saturated carbocycles. The summed E-state index contributed by atoms with van der Waals surface area (Å²) in [6.45, 7) is 0.0994. The quantitative estimate of drug-likeness (QED) is 0.0253. The van der Waals surface area contributed by atoms with Crippen LogP contribution in [0.4, 0.5) is 8.78 Å². The molecule has 4 aliphatic rings. The molecule has 5 aromatic rings. The highest BCUT2D eigenvalue weighted by molar-refractivity contribution is 7.52. The van der Waals surface area contributed by atoms with Gasteiger partial charge in [-0.3, -0.25) is 48.2 Å². The molecule has 3 aromatic carbocycles. The van der Waals surface area contributed by atoms with Gasteiger partial charge < -0.3 is 40.9 Å². The van der Waals surface area contributed by atoms with E-state index in [0.717, 1.165) is 33.9 Å². The number of unbranched alkanes of at least 4 members (excludes halogenated alkanes) is 3. The van der Waals surface area contributed by atoms with Crippen molar-refractivity contribution in [1.82, 2.24) is 35.6 Å². The topological polar surface area (TPSA) is 279 Å². The number of fused-ring (bicyclic) bond motifs is 3. The summed E-state index contributed by atoms with van der Waals surface area (Å²) >= 11 is 8.30. The van der Waals surface area contributed by atoms with Gasteiger partial charge in [0.05, 0.1) is 15.8 Å². The predicted molar refractivity (Wildman–Crippen MR) is 288 cm³/mol. The zero-order valence-corrected chi connectivity index (χ0v) is 45.5. The number of imide groups is 1. The first-order valence-corrected chi connectivity index (χ1v) is 29.2. The van der Waals surface area contributed by atoms with Crippen LogP contribution in [0.3, 0.4) is 0 Å². The molecule has 0 radical (unpaired) electrons.